The lowest BCUT2D eigenvalue weighted by atomic mass is 9.70. The Bertz CT molecular complexity index is 1280. The van der Waals surface area contributed by atoms with Gasteiger partial charge < -0.3 is 19.9 Å². The van der Waals surface area contributed by atoms with E-state index in [1.54, 1.807) is 14.2 Å². The molecule has 2 heterocycles. The lowest BCUT2D eigenvalue weighted by molar-refractivity contribution is -0.0191. The summed E-state index contributed by atoms with van der Waals surface area (Å²) >= 11 is 0. The van der Waals surface area contributed by atoms with E-state index in [0.717, 1.165) is 40.7 Å². The van der Waals surface area contributed by atoms with E-state index in [2.05, 4.69) is 47.8 Å². The molecule has 3 aromatic carbocycles. The number of benzene rings is 3. The number of pyridine rings is 1. The second-order valence-corrected chi connectivity index (χ2v) is 9.39. The zero-order valence-electron chi connectivity index (χ0n) is 20.3. The van der Waals surface area contributed by atoms with Crippen molar-refractivity contribution in [3.8, 4) is 11.6 Å². The zero-order chi connectivity index (χ0) is 24.3. The fourth-order valence-electron chi connectivity index (χ4n) is 5.47. The van der Waals surface area contributed by atoms with Gasteiger partial charge in [0.2, 0.25) is 5.88 Å². The van der Waals surface area contributed by atoms with Crippen LogP contribution in [0.15, 0.2) is 84.9 Å². The Morgan fingerprint density at radius 2 is 1.71 bits per heavy atom. The Kier molecular flexibility index (Phi) is 6.71. The molecule has 0 radical (unpaired) electrons. The van der Waals surface area contributed by atoms with E-state index < -0.39 is 5.60 Å². The summed E-state index contributed by atoms with van der Waals surface area (Å²) < 4.78 is 11.3. The van der Waals surface area contributed by atoms with Crippen molar-refractivity contribution in [1.29, 1.82) is 0 Å². The van der Waals surface area contributed by atoms with Gasteiger partial charge in [-0.1, -0.05) is 60.7 Å². The number of piperidine rings is 1. The van der Waals surface area contributed by atoms with E-state index in [1.807, 2.05) is 42.5 Å². The number of ether oxygens (including phenoxy) is 2. The number of rotatable bonds is 7. The second kappa shape index (κ2) is 10.1. The van der Waals surface area contributed by atoms with Crippen LogP contribution >= 0.6 is 0 Å². The highest BCUT2D eigenvalue weighted by Gasteiger charge is 2.44. The molecule has 0 saturated carbocycles. The van der Waals surface area contributed by atoms with Crippen molar-refractivity contribution in [3.05, 3.63) is 102 Å². The quantitative estimate of drug-likeness (QED) is 0.395. The summed E-state index contributed by atoms with van der Waals surface area (Å²) in [6.07, 6.45) is 2.13. The molecule has 1 aliphatic rings. The molecule has 3 unspecified atom stereocenters. The third-order valence-electron chi connectivity index (χ3n) is 7.10. The van der Waals surface area contributed by atoms with E-state index in [0.29, 0.717) is 18.7 Å². The maximum Gasteiger partial charge on any atom is 0.217 e. The Morgan fingerprint density at radius 1 is 0.971 bits per heavy atom. The number of aromatic nitrogens is 1. The summed E-state index contributed by atoms with van der Waals surface area (Å²) in [7, 11) is 3.31. The lowest BCUT2D eigenvalue weighted by Crippen LogP contribution is -2.52. The molecule has 1 aliphatic heterocycles. The van der Waals surface area contributed by atoms with Crippen molar-refractivity contribution in [2.75, 3.05) is 20.8 Å². The zero-order valence-corrected chi connectivity index (χ0v) is 20.3. The highest BCUT2D eigenvalue weighted by atomic mass is 16.5. The maximum absolute atomic E-state index is 12.3. The number of nitrogens with zero attached hydrogens (tertiary/aromatic N) is 1. The number of hydrogen-bond acceptors (Lipinski definition) is 5. The predicted molar refractivity (Wildman–Crippen MR) is 139 cm³/mol. The third kappa shape index (κ3) is 4.88. The summed E-state index contributed by atoms with van der Waals surface area (Å²) in [4.78, 5) is 4.82. The van der Waals surface area contributed by atoms with Crippen LogP contribution in [0.4, 0.5) is 0 Å². The number of aliphatic hydroxyl groups is 1. The molecular weight excluding hydrogens is 436 g/mol. The van der Waals surface area contributed by atoms with Gasteiger partial charge in [-0.25, -0.2) is 4.98 Å². The Morgan fingerprint density at radius 3 is 2.43 bits per heavy atom. The van der Waals surface area contributed by atoms with Crippen molar-refractivity contribution in [3.63, 3.8) is 0 Å². The average Bonchev–Trinajstić information content (AvgIpc) is 2.89. The van der Waals surface area contributed by atoms with Crippen LogP contribution in [0.5, 0.6) is 11.6 Å². The van der Waals surface area contributed by atoms with Gasteiger partial charge in [-0.05, 0) is 61.2 Å². The van der Waals surface area contributed by atoms with Crippen molar-refractivity contribution in [1.82, 2.24) is 10.3 Å². The first-order valence-electron chi connectivity index (χ1n) is 12.2. The van der Waals surface area contributed by atoms with E-state index >= 15 is 0 Å². The van der Waals surface area contributed by atoms with Crippen LogP contribution in [0, 0.1) is 0 Å². The van der Waals surface area contributed by atoms with Gasteiger partial charge in [-0.3, -0.25) is 0 Å². The maximum atomic E-state index is 12.3. The molecular formula is C30H32N2O3. The van der Waals surface area contributed by atoms with E-state index in [9.17, 15) is 5.11 Å². The monoisotopic (exact) mass is 468 g/mol. The van der Waals surface area contributed by atoms with Gasteiger partial charge >= 0.3 is 0 Å². The average molecular weight is 469 g/mol. The third-order valence-corrected chi connectivity index (χ3v) is 7.10. The minimum absolute atomic E-state index is 0.168. The predicted octanol–water partition coefficient (Wildman–Crippen LogP) is 5.11. The lowest BCUT2D eigenvalue weighted by Gasteiger charge is -2.43. The van der Waals surface area contributed by atoms with Crippen molar-refractivity contribution in [2.45, 2.75) is 36.8 Å². The molecule has 3 atom stereocenters. The Labute approximate surface area is 206 Å². The Hall–Kier alpha value is -3.41. The van der Waals surface area contributed by atoms with Crippen LogP contribution in [0.1, 0.15) is 35.4 Å². The molecule has 180 valence electrons. The van der Waals surface area contributed by atoms with Crippen LogP contribution < -0.4 is 14.8 Å². The van der Waals surface area contributed by atoms with Gasteiger partial charge in [0.25, 0.3) is 0 Å². The first-order chi connectivity index (χ1) is 17.1. The molecule has 0 aliphatic carbocycles. The summed E-state index contributed by atoms with van der Waals surface area (Å²) in [5.74, 6) is 1.03. The van der Waals surface area contributed by atoms with Gasteiger partial charge in [0.15, 0.2) is 0 Å². The highest BCUT2D eigenvalue weighted by molar-refractivity contribution is 5.82. The molecule has 1 fully saturated rings. The van der Waals surface area contributed by atoms with Crippen molar-refractivity contribution >= 4 is 10.9 Å². The van der Waals surface area contributed by atoms with Crippen LogP contribution in [0.2, 0.25) is 0 Å². The smallest absolute Gasteiger partial charge is 0.217 e. The molecule has 4 aromatic rings. The second-order valence-electron chi connectivity index (χ2n) is 9.39. The fraction of sp³-hybridized carbons (Fsp3) is 0.300. The normalized spacial score (nSPS) is 20.9. The number of nitrogens with one attached hydrogen (secondary N) is 1. The molecule has 0 bridgehead atoms. The minimum Gasteiger partial charge on any atom is -0.497 e. The molecule has 0 spiro atoms. The molecule has 5 nitrogen and oxygen atoms in total. The topological polar surface area (TPSA) is 63.6 Å². The minimum atomic E-state index is -0.965. The SMILES string of the molecule is COc1ccc2nc(OC)c(C(c3ccccc3)C3(O)CCNC(Cc4ccccc4)C3)cc2c1. The van der Waals surface area contributed by atoms with Gasteiger partial charge in [-0.2, -0.15) is 0 Å². The molecule has 5 rings (SSSR count). The van der Waals surface area contributed by atoms with Crippen molar-refractivity contribution < 1.29 is 14.6 Å². The molecule has 0 amide bonds. The first kappa shape index (κ1) is 23.3. The highest BCUT2D eigenvalue weighted by Crippen LogP contribution is 2.45. The number of methoxy groups -OCH3 is 2. The van der Waals surface area contributed by atoms with Gasteiger partial charge in [0.05, 0.1) is 25.3 Å². The molecule has 1 saturated heterocycles. The van der Waals surface area contributed by atoms with E-state index in [-0.39, 0.29) is 12.0 Å². The number of hydrogen-bond donors (Lipinski definition) is 2. The van der Waals surface area contributed by atoms with Crippen LogP contribution in [-0.2, 0) is 6.42 Å². The van der Waals surface area contributed by atoms with Crippen molar-refractivity contribution in [2.24, 2.45) is 0 Å². The fourth-order valence-corrected chi connectivity index (χ4v) is 5.47. The van der Waals surface area contributed by atoms with E-state index in [4.69, 9.17) is 14.5 Å². The van der Waals surface area contributed by atoms with Gasteiger partial charge in [-0.15, -0.1) is 0 Å². The summed E-state index contributed by atoms with van der Waals surface area (Å²) in [6.45, 7) is 0.745. The van der Waals surface area contributed by atoms with Crippen LogP contribution in [0.25, 0.3) is 10.9 Å². The summed E-state index contributed by atoms with van der Waals surface area (Å²) in [5.41, 5.74) is 3.08. The number of fused-ring (bicyclic) bond motifs is 1. The summed E-state index contributed by atoms with van der Waals surface area (Å²) in [5, 5.41) is 16.9. The first-order valence-corrected chi connectivity index (χ1v) is 12.2. The molecule has 1 aromatic heterocycles. The van der Waals surface area contributed by atoms with Crippen LogP contribution in [-0.4, -0.2) is 42.5 Å². The molecule has 5 heteroatoms. The molecule has 2 N–H and O–H groups in total. The van der Waals surface area contributed by atoms with Gasteiger partial charge in [0.1, 0.15) is 5.75 Å². The standard InChI is InChI=1S/C30H32N2O3/c1-34-25-13-14-27-23(18-25)19-26(29(32-27)35-2)28(22-11-7-4-8-12-22)30(33)15-16-31-24(20-30)17-21-9-5-3-6-10-21/h3-14,18-19,24,28,31,33H,15-17,20H2,1-2H3. The van der Waals surface area contributed by atoms with E-state index in [1.165, 1.54) is 5.56 Å². The Balaban J connectivity index is 1.59. The van der Waals surface area contributed by atoms with Crippen LogP contribution in [0.3, 0.4) is 0 Å². The largest absolute Gasteiger partial charge is 0.497 e. The summed E-state index contributed by atoms with van der Waals surface area (Å²) in [6, 6.07) is 28.8. The molecule has 35 heavy (non-hydrogen) atoms. The van der Waals surface area contributed by atoms with Gasteiger partial charge in [0, 0.05) is 22.9 Å².